The summed E-state index contributed by atoms with van der Waals surface area (Å²) in [5.74, 6) is 0.413. The van der Waals surface area contributed by atoms with Crippen LogP contribution in [0.5, 0.6) is 5.75 Å². The highest BCUT2D eigenvalue weighted by Crippen LogP contribution is 2.25. The lowest BCUT2D eigenvalue weighted by Crippen LogP contribution is -2.37. The van der Waals surface area contributed by atoms with Crippen LogP contribution < -0.4 is 4.74 Å². The van der Waals surface area contributed by atoms with E-state index in [2.05, 4.69) is 20.8 Å². The molecular formula is C16H23BrFNO. The molecule has 0 saturated heterocycles. The van der Waals surface area contributed by atoms with E-state index in [1.54, 1.807) is 7.11 Å². The van der Waals surface area contributed by atoms with E-state index in [0.29, 0.717) is 18.3 Å². The van der Waals surface area contributed by atoms with E-state index < -0.39 is 0 Å². The molecule has 1 aliphatic rings. The van der Waals surface area contributed by atoms with Crippen molar-refractivity contribution >= 4 is 15.9 Å². The summed E-state index contributed by atoms with van der Waals surface area (Å²) in [6.07, 6.45) is 6.42. The summed E-state index contributed by atoms with van der Waals surface area (Å²) in [5.41, 5.74) is 0.761. The minimum absolute atomic E-state index is 0.167. The Hall–Kier alpha value is -0.610. The zero-order valence-corrected chi connectivity index (χ0v) is 13.7. The largest absolute Gasteiger partial charge is 0.497 e. The molecule has 1 aromatic rings. The lowest BCUT2D eigenvalue weighted by Gasteiger charge is -2.34. The second kappa shape index (κ2) is 7.99. The van der Waals surface area contributed by atoms with E-state index in [0.717, 1.165) is 17.4 Å². The van der Waals surface area contributed by atoms with Crippen molar-refractivity contribution < 1.29 is 9.13 Å². The van der Waals surface area contributed by atoms with Crippen LogP contribution >= 0.6 is 15.9 Å². The van der Waals surface area contributed by atoms with Gasteiger partial charge < -0.3 is 4.74 Å². The molecule has 4 heteroatoms. The molecule has 0 aromatic heterocycles. The Bertz CT molecular complexity index is 421. The van der Waals surface area contributed by atoms with E-state index in [1.807, 2.05) is 12.1 Å². The summed E-state index contributed by atoms with van der Waals surface area (Å²) in [6.45, 7) is 1.65. The maximum absolute atomic E-state index is 14.1. The van der Waals surface area contributed by atoms with E-state index in [4.69, 9.17) is 4.74 Å². The van der Waals surface area contributed by atoms with Gasteiger partial charge in [0.05, 0.1) is 7.11 Å². The lowest BCUT2D eigenvalue weighted by atomic mass is 9.94. The molecule has 0 atom stereocenters. The van der Waals surface area contributed by atoms with Crippen LogP contribution in [0, 0.1) is 5.82 Å². The molecule has 2 nitrogen and oxygen atoms in total. The van der Waals surface area contributed by atoms with Crippen molar-refractivity contribution in [1.82, 2.24) is 4.90 Å². The van der Waals surface area contributed by atoms with Gasteiger partial charge >= 0.3 is 0 Å². The van der Waals surface area contributed by atoms with Crippen molar-refractivity contribution in [1.29, 1.82) is 0 Å². The summed E-state index contributed by atoms with van der Waals surface area (Å²) in [6, 6.07) is 5.76. The van der Waals surface area contributed by atoms with Gasteiger partial charge in [0.15, 0.2) is 0 Å². The molecular weight excluding hydrogens is 321 g/mol. The number of alkyl halides is 1. The molecule has 0 amide bonds. The van der Waals surface area contributed by atoms with E-state index >= 15 is 0 Å². The summed E-state index contributed by atoms with van der Waals surface area (Å²) >= 11 is 3.52. The highest BCUT2D eigenvalue weighted by Gasteiger charge is 2.21. The number of nitrogens with zero attached hydrogens (tertiary/aromatic N) is 1. The van der Waals surface area contributed by atoms with Crippen molar-refractivity contribution in [3.8, 4) is 5.75 Å². The quantitative estimate of drug-likeness (QED) is 0.711. The molecule has 0 aliphatic heterocycles. The maximum atomic E-state index is 14.1. The third-order valence-electron chi connectivity index (χ3n) is 4.10. The molecule has 1 aromatic carbocycles. The third kappa shape index (κ3) is 4.19. The first-order valence-corrected chi connectivity index (χ1v) is 8.49. The van der Waals surface area contributed by atoms with Crippen LogP contribution in [0.15, 0.2) is 18.2 Å². The highest BCUT2D eigenvalue weighted by molar-refractivity contribution is 9.09. The van der Waals surface area contributed by atoms with Crippen LogP contribution in [0.1, 0.15) is 37.7 Å². The number of rotatable bonds is 6. The van der Waals surface area contributed by atoms with Gasteiger partial charge in [-0.1, -0.05) is 41.3 Å². The molecule has 0 N–H and O–H groups in total. The fourth-order valence-corrected chi connectivity index (χ4v) is 3.40. The normalized spacial score (nSPS) is 16.6. The second-order valence-electron chi connectivity index (χ2n) is 5.41. The topological polar surface area (TPSA) is 12.5 Å². The molecule has 1 fully saturated rings. The number of benzene rings is 1. The summed E-state index contributed by atoms with van der Waals surface area (Å²) in [4.78, 5) is 2.42. The predicted molar refractivity (Wildman–Crippen MR) is 84.0 cm³/mol. The summed E-state index contributed by atoms with van der Waals surface area (Å²) in [7, 11) is 1.56. The van der Waals surface area contributed by atoms with Crippen molar-refractivity contribution in [2.24, 2.45) is 0 Å². The first kappa shape index (κ1) is 15.8. The number of halogens is 2. The summed E-state index contributed by atoms with van der Waals surface area (Å²) in [5, 5.41) is 0.932. The van der Waals surface area contributed by atoms with Gasteiger partial charge in [-0.3, -0.25) is 4.90 Å². The van der Waals surface area contributed by atoms with Crippen molar-refractivity contribution in [3.63, 3.8) is 0 Å². The number of methoxy groups -OCH3 is 1. The molecule has 1 aliphatic carbocycles. The Balaban J connectivity index is 2.06. The van der Waals surface area contributed by atoms with Gasteiger partial charge in [0.1, 0.15) is 11.6 Å². The van der Waals surface area contributed by atoms with Gasteiger partial charge in [-0.25, -0.2) is 4.39 Å². The first-order chi connectivity index (χ1) is 9.74. The molecule has 20 heavy (non-hydrogen) atoms. The second-order valence-corrected chi connectivity index (χ2v) is 6.20. The van der Waals surface area contributed by atoms with Crippen LogP contribution in [-0.4, -0.2) is 29.9 Å². The van der Waals surface area contributed by atoms with Gasteiger partial charge in [-0.15, -0.1) is 0 Å². The Morgan fingerprint density at radius 3 is 2.65 bits per heavy atom. The number of ether oxygens (including phenoxy) is 1. The zero-order chi connectivity index (χ0) is 14.4. The third-order valence-corrected chi connectivity index (χ3v) is 4.45. The highest BCUT2D eigenvalue weighted by atomic mass is 79.9. The molecule has 0 unspecified atom stereocenters. The van der Waals surface area contributed by atoms with Crippen LogP contribution in [0.3, 0.4) is 0 Å². The fourth-order valence-electron chi connectivity index (χ4n) is 2.95. The average Bonchev–Trinajstić information content (AvgIpc) is 2.49. The van der Waals surface area contributed by atoms with Gasteiger partial charge in [0, 0.05) is 36.1 Å². The Labute approximate surface area is 129 Å². The lowest BCUT2D eigenvalue weighted by molar-refractivity contribution is 0.156. The van der Waals surface area contributed by atoms with E-state index in [-0.39, 0.29) is 5.82 Å². The molecule has 0 radical (unpaired) electrons. The van der Waals surface area contributed by atoms with Crippen molar-refractivity contribution in [2.45, 2.75) is 44.7 Å². The van der Waals surface area contributed by atoms with E-state index in [1.165, 1.54) is 38.2 Å². The van der Waals surface area contributed by atoms with Gasteiger partial charge in [-0.2, -0.15) is 0 Å². The fraction of sp³-hybridized carbons (Fsp3) is 0.625. The predicted octanol–water partition coefficient (Wildman–Crippen LogP) is 4.36. The van der Waals surface area contributed by atoms with Gasteiger partial charge in [0.2, 0.25) is 0 Å². The van der Waals surface area contributed by atoms with Gasteiger partial charge in [-0.05, 0) is 18.9 Å². The Morgan fingerprint density at radius 2 is 2.05 bits per heavy atom. The summed E-state index contributed by atoms with van der Waals surface area (Å²) < 4.78 is 19.1. The van der Waals surface area contributed by atoms with Crippen molar-refractivity contribution in [2.75, 3.05) is 19.0 Å². The Kier molecular flexibility index (Phi) is 6.30. The molecule has 112 valence electrons. The Morgan fingerprint density at radius 1 is 1.30 bits per heavy atom. The molecule has 0 heterocycles. The first-order valence-electron chi connectivity index (χ1n) is 7.37. The van der Waals surface area contributed by atoms with E-state index in [9.17, 15) is 4.39 Å². The molecule has 1 saturated carbocycles. The minimum atomic E-state index is -0.167. The smallest absolute Gasteiger partial charge is 0.131 e. The minimum Gasteiger partial charge on any atom is -0.497 e. The van der Waals surface area contributed by atoms with Crippen LogP contribution in [0.4, 0.5) is 4.39 Å². The number of hydrogen-bond donors (Lipinski definition) is 0. The molecule has 0 spiro atoms. The zero-order valence-electron chi connectivity index (χ0n) is 12.1. The number of hydrogen-bond acceptors (Lipinski definition) is 2. The SMILES string of the molecule is COc1ccc(CN(CCBr)C2CCCCC2)c(F)c1. The van der Waals surface area contributed by atoms with Crippen LogP contribution in [-0.2, 0) is 6.54 Å². The molecule has 0 bridgehead atoms. The van der Waals surface area contributed by atoms with Crippen molar-refractivity contribution in [3.05, 3.63) is 29.6 Å². The monoisotopic (exact) mass is 343 g/mol. The average molecular weight is 344 g/mol. The van der Waals surface area contributed by atoms with Crippen LogP contribution in [0.25, 0.3) is 0 Å². The maximum Gasteiger partial charge on any atom is 0.131 e. The standard InChI is InChI=1S/C16H23BrFNO/c1-20-15-8-7-13(16(18)11-15)12-19(10-9-17)14-5-3-2-4-6-14/h7-8,11,14H,2-6,9-10,12H2,1H3. The van der Waals surface area contributed by atoms with Crippen LogP contribution in [0.2, 0.25) is 0 Å². The van der Waals surface area contributed by atoms with Gasteiger partial charge in [0.25, 0.3) is 0 Å². The molecule has 2 rings (SSSR count).